The third-order valence-electron chi connectivity index (χ3n) is 6.36. The second-order valence-electron chi connectivity index (χ2n) is 8.87. The maximum absolute atomic E-state index is 11.8. The van der Waals surface area contributed by atoms with Gasteiger partial charge in [-0.05, 0) is 82.7 Å². The van der Waals surface area contributed by atoms with Crippen molar-refractivity contribution < 1.29 is 5.11 Å². The van der Waals surface area contributed by atoms with Crippen LogP contribution in [0.5, 0.6) is 0 Å². The summed E-state index contributed by atoms with van der Waals surface area (Å²) < 4.78 is 0. The smallest absolute Gasteiger partial charge is 0.0939 e. The van der Waals surface area contributed by atoms with Crippen LogP contribution in [0.2, 0.25) is 0 Å². The first-order chi connectivity index (χ1) is 12.9. The highest BCUT2D eigenvalue weighted by atomic mass is 16.3. The first-order valence-corrected chi connectivity index (χ1v) is 10.4. The van der Waals surface area contributed by atoms with Crippen molar-refractivity contribution in [1.82, 2.24) is 4.90 Å². The minimum atomic E-state index is -0.705. The highest BCUT2D eigenvalue weighted by molar-refractivity contribution is 5.36. The molecule has 2 aromatic carbocycles. The van der Waals surface area contributed by atoms with E-state index in [0.29, 0.717) is 5.92 Å². The molecule has 0 radical (unpaired) electrons. The Kier molecular flexibility index (Phi) is 6.39. The van der Waals surface area contributed by atoms with Gasteiger partial charge in [0.1, 0.15) is 0 Å². The summed E-state index contributed by atoms with van der Waals surface area (Å²) in [6.45, 7) is 5.20. The Morgan fingerprint density at radius 3 is 2.52 bits per heavy atom. The number of aryl methyl sites for hydroxylation is 3. The van der Waals surface area contributed by atoms with Crippen LogP contribution in [0.1, 0.15) is 47.9 Å². The van der Waals surface area contributed by atoms with Crippen LogP contribution in [-0.2, 0) is 12.0 Å². The van der Waals surface area contributed by atoms with Crippen LogP contribution >= 0.6 is 0 Å². The lowest BCUT2D eigenvalue weighted by Gasteiger charge is -2.45. The molecule has 1 fully saturated rings. The number of hydrogen-bond donors (Lipinski definition) is 1. The van der Waals surface area contributed by atoms with Crippen LogP contribution < -0.4 is 0 Å². The van der Waals surface area contributed by atoms with E-state index in [-0.39, 0.29) is 5.92 Å². The third kappa shape index (κ3) is 4.80. The molecule has 0 aliphatic heterocycles. The highest BCUT2D eigenvalue weighted by Crippen LogP contribution is 2.46. The summed E-state index contributed by atoms with van der Waals surface area (Å²) in [5.41, 5.74) is 4.32. The van der Waals surface area contributed by atoms with E-state index in [1.165, 1.54) is 23.1 Å². The predicted molar refractivity (Wildman–Crippen MR) is 114 cm³/mol. The fourth-order valence-corrected chi connectivity index (χ4v) is 4.84. The fraction of sp³-hybridized carbons (Fsp3) is 0.520. The molecule has 0 aromatic heterocycles. The van der Waals surface area contributed by atoms with E-state index in [1.54, 1.807) is 0 Å². The second-order valence-corrected chi connectivity index (χ2v) is 8.87. The van der Waals surface area contributed by atoms with Gasteiger partial charge in [0, 0.05) is 12.5 Å². The van der Waals surface area contributed by atoms with Crippen LogP contribution in [0.4, 0.5) is 0 Å². The summed E-state index contributed by atoms with van der Waals surface area (Å²) in [5.74, 6) is 0.975. The number of nitrogens with zero attached hydrogens (tertiary/aromatic N) is 1. The minimum Gasteiger partial charge on any atom is -0.385 e. The Morgan fingerprint density at radius 1 is 1.07 bits per heavy atom. The molecule has 0 heterocycles. The first kappa shape index (κ1) is 20.1. The van der Waals surface area contributed by atoms with Crippen molar-refractivity contribution in [2.75, 3.05) is 20.6 Å². The first-order valence-electron chi connectivity index (χ1n) is 10.4. The SMILES string of the molecule is Cc1ccc(C)c(C2(O)CCC(CCc3ccccc3)CC2CN(C)C)c1. The molecule has 2 nitrogen and oxygen atoms in total. The van der Waals surface area contributed by atoms with Crippen molar-refractivity contribution >= 4 is 0 Å². The summed E-state index contributed by atoms with van der Waals surface area (Å²) >= 11 is 0. The molecule has 3 rings (SSSR count). The number of aliphatic hydroxyl groups is 1. The van der Waals surface area contributed by atoms with Crippen molar-refractivity contribution in [3.8, 4) is 0 Å². The van der Waals surface area contributed by atoms with Gasteiger partial charge < -0.3 is 10.0 Å². The van der Waals surface area contributed by atoms with Crippen LogP contribution in [0, 0.1) is 25.7 Å². The van der Waals surface area contributed by atoms with E-state index in [4.69, 9.17) is 0 Å². The Morgan fingerprint density at radius 2 is 1.81 bits per heavy atom. The maximum Gasteiger partial charge on any atom is 0.0939 e. The molecule has 2 aromatic rings. The maximum atomic E-state index is 11.8. The van der Waals surface area contributed by atoms with Gasteiger partial charge in [0.05, 0.1) is 5.60 Å². The average Bonchev–Trinajstić information content (AvgIpc) is 2.65. The van der Waals surface area contributed by atoms with Crippen molar-refractivity contribution in [1.29, 1.82) is 0 Å². The molecule has 0 bridgehead atoms. The number of hydrogen-bond acceptors (Lipinski definition) is 2. The normalized spacial score (nSPS) is 25.7. The predicted octanol–water partition coefficient (Wildman–Crippen LogP) is 5.10. The molecular weight excluding hydrogens is 330 g/mol. The van der Waals surface area contributed by atoms with Crippen LogP contribution in [0.25, 0.3) is 0 Å². The van der Waals surface area contributed by atoms with Crippen LogP contribution in [0.3, 0.4) is 0 Å². The molecule has 146 valence electrons. The molecule has 27 heavy (non-hydrogen) atoms. The van der Waals surface area contributed by atoms with E-state index in [2.05, 4.69) is 81.4 Å². The molecule has 2 heteroatoms. The summed E-state index contributed by atoms with van der Waals surface area (Å²) in [4.78, 5) is 2.24. The van der Waals surface area contributed by atoms with Gasteiger partial charge in [-0.2, -0.15) is 0 Å². The van der Waals surface area contributed by atoms with Gasteiger partial charge >= 0.3 is 0 Å². The average molecular weight is 366 g/mol. The van der Waals surface area contributed by atoms with E-state index < -0.39 is 5.60 Å². The van der Waals surface area contributed by atoms with Gasteiger partial charge in [0.25, 0.3) is 0 Å². The summed E-state index contributed by atoms with van der Waals surface area (Å²) in [5, 5.41) is 11.8. The van der Waals surface area contributed by atoms with Crippen molar-refractivity contribution in [2.45, 2.75) is 51.6 Å². The quantitative estimate of drug-likeness (QED) is 0.770. The lowest BCUT2D eigenvalue weighted by molar-refractivity contribution is -0.0765. The lowest BCUT2D eigenvalue weighted by Crippen LogP contribution is -2.45. The van der Waals surface area contributed by atoms with Gasteiger partial charge in [0.15, 0.2) is 0 Å². The standard InChI is InChI=1S/C25H35NO/c1-19-10-11-20(2)24(16-19)25(27)15-14-22(17-23(25)18-26(3)4)13-12-21-8-6-5-7-9-21/h5-11,16,22-23,27H,12-15,17-18H2,1-4H3. The van der Waals surface area contributed by atoms with E-state index in [0.717, 1.165) is 37.8 Å². The Balaban J connectivity index is 1.77. The summed E-state index contributed by atoms with van der Waals surface area (Å²) in [7, 11) is 4.24. The molecule has 3 unspecified atom stereocenters. The monoisotopic (exact) mass is 365 g/mol. The lowest BCUT2D eigenvalue weighted by atomic mass is 9.66. The Labute approximate surface area is 165 Å². The molecule has 0 amide bonds. The molecule has 1 aliphatic carbocycles. The summed E-state index contributed by atoms with van der Waals surface area (Å²) in [6, 6.07) is 17.3. The Bertz CT molecular complexity index is 739. The van der Waals surface area contributed by atoms with Crippen LogP contribution in [-0.4, -0.2) is 30.6 Å². The second kappa shape index (κ2) is 8.58. The Hall–Kier alpha value is -1.64. The topological polar surface area (TPSA) is 23.5 Å². The molecule has 0 spiro atoms. The zero-order valence-corrected chi connectivity index (χ0v) is 17.4. The van der Waals surface area contributed by atoms with Gasteiger partial charge in [-0.1, -0.05) is 54.1 Å². The fourth-order valence-electron chi connectivity index (χ4n) is 4.84. The number of benzene rings is 2. The molecule has 0 saturated heterocycles. The highest BCUT2D eigenvalue weighted by Gasteiger charge is 2.44. The number of rotatable bonds is 6. The van der Waals surface area contributed by atoms with E-state index in [1.807, 2.05) is 0 Å². The van der Waals surface area contributed by atoms with Crippen molar-refractivity contribution in [3.05, 3.63) is 70.8 Å². The molecule has 1 saturated carbocycles. The molecule has 3 atom stereocenters. The molecule has 1 aliphatic rings. The third-order valence-corrected chi connectivity index (χ3v) is 6.36. The van der Waals surface area contributed by atoms with Gasteiger partial charge in [0.2, 0.25) is 0 Å². The van der Waals surface area contributed by atoms with E-state index in [9.17, 15) is 5.11 Å². The van der Waals surface area contributed by atoms with E-state index >= 15 is 0 Å². The summed E-state index contributed by atoms with van der Waals surface area (Å²) in [6.07, 6.45) is 5.45. The van der Waals surface area contributed by atoms with Gasteiger partial charge in [-0.15, -0.1) is 0 Å². The molecular formula is C25H35NO. The van der Waals surface area contributed by atoms with Crippen molar-refractivity contribution in [3.63, 3.8) is 0 Å². The van der Waals surface area contributed by atoms with Gasteiger partial charge in [-0.3, -0.25) is 0 Å². The van der Waals surface area contributed by atoms with Crippen molar-refractivity contribution in [2.24, 2.45) is 11.8 Å². The molecule has 1 N–H and O–H groups in total. The minimum absolute atomic E-state index is 0.280. The van der Waals surface area contributed by atoms with Crippen LogP contribution in [0.15, 0.2) is 48.5 Å². The largest absolute Gasteiger partial charge is 0.385 e. The zero-order valence-electron chi connectivity index (χ0n) is 17.4. The van der Waals surface area contributed by atoms with Gasteiger partial charge in [-0.25, -0.2) is 0 Å². The zero-order chi connectivity index (χ0) is 19.4.